The number of carbonyl (C=O) groups excluding carboxylic acids is 1. The van der Waals surface area contributed by atoms with Crippen LogP contribution in [0.15, 0.2) is 18.3 Å². The number of likely N-dealkylation sites (N-methyl/N-ethyl adjacent to an activating group) is 1. The first-order chi connectivity index (χ1) is 10.3. The predicted octanol–water partition coefficient (Wildman–Crippen LogP) is 3.47. The SMILES string of the molecule is CN1CCc2c[nH]c3ccc(OC(=O)OC(C)(C)C)c(c23)C1. The Morgan fingerprint density at radius 2 is 2.09 bits per heavy atom. The summed E-state index contributed by atoms with van der Waals surface area (Å²) in [5.74, 6) is 0.580. The molecule has 22 heavy (non-hydrogen) atoms. The van der Waals surface area contributed by atoms with Crippen molar-refractivity contribution < 1.29 is 14.3 Å². The van der Waals surface area contributed by atoms with Crippen molar-refractivity contribution in [1.29, 1.82) is 0 Å². The van der Waals surface area contributed by atoms with Crippen LogP contribution in [0.4, 0.5) is 4.79 Å². The summed E-state index contributed by atoms with van der Waals surface area (Å²) in [4.78, 5) is 17.5. The molecule has 2 aromatic rings. The summed E-state index contributed by atoms with van der Waals surface area (Å²) in [5.41, 5.74) is 2.83. The molecular weight excluding hydrogens is 280 g/mol. The largest absolute Gasteiger partial charge is 0.514 e. The van der Waals surface area contributed by atoms with E-state index in [2.05, 4.69) is 16.9 Å². The van der Waals surface area contributed by atoms with E-state index in [-0.39, 0.29) is 0 Å². The van der Waals surface area contributed by atoms with Crippen LogP contribution in [0.1, 0.15) is 31.9 Å². The van der Waals surface area contributed by atoms with Crippen LogP contribution >= 0.6 is 0 Å². The highest BCUT2D eigenvalue weighted by atomic mass is 16.7. The van der Waals surface area contributed by atoms with Gasteiger partial charge in [0.2, 0.25) is 0 Å². The number of ether oxygens (including phenoxy) is 2. The van der Waals surface area contributed by atoms with E-state index in [0.717, 1.165) is 30.6 Å². The van der Waals surface area contributed by atoms with Crippen LogP contribution in [0.5, 0.6) is 5.75 Å². The number of carbonyl (C=O) groups is 1. The summed E-state index contributed by atoms with van der Waals surface area (Å²) in [5, 5.41) is 1.17. The van der Waals surface area contributed by atoms with Crippen LogP contribution in [0.25, 0.3) is 10.9 Å². The van der Waals surface area contributed by atoms with Gasteiger partial charge in [0.15, 0.2) is 0 Å². The fourth-order valence-electron chi connectivity index (χ4n) is 2.82. The van der Waals surface area contributed by atoms with Crippen LogP contribution in [0.2, 0.25) is 0 Å². The Hall–Kier alpha value is -2.01. The Labute approximate surface area is 130 Å². The van der Waals surface area contributed by atoms with Gasteiger partial charge in [0.1, 0.15) is 11.4 Å². The molecule has 0 fully saturated rings. The topological polar surface area (TPSA) is 54.6 Å². The van der Waals surface area contributed by atoms with Crippen molar-refractivity contribution in [1.82, 2.24) is 9.88 Å². The van der Waals surface area contributed by atoms with Crippen molar-refractivity contribution in [2.24, 2.45) is 0 Å². The third-order valence-electron chi connectivity index (χ3n) is 3.77. The molecule has 1 aromatic carbocycles. The highest BCUT2D eigenvalue weighted by Crippen LogP contribution is 2.34. The average Bonchev–Trinajstić information content (AvgIpc) is 2.72. The lowest BCUT2D eigenvalue weighted by molar-refractivity contribution is 0.0203. The molecule has 5 heteroatoms. The molecule has 1 aliphatic rings. The maximum atomic E-state index is 12.0. The number of hydrogen-bond donors (Lipinski definition) is 1. The van der Waals surface area contributed by atoms with Crippen LogP contribution in [0, 0.1) is 0 Å². The summed E-state index contributed by atoms with van der Waals surface area (Å²) >= 11 is 0. The van der Waals surface area contributed by atoms with E-state index < -0.39 is 11.8 Å². The fraction of sp³-hybridized carbons (Fsp3) is 0.471. The van der Waals surface area contributed by atoms with Crippen LogP contribution in [0.3, 0.4) is 0 Å². The lowest BCUT2D eigenvalue weighted by atomic mass is 10.0. The zero-order valence-electron chi connectivity index (χ0n) is 13.5. The minimum Gasteiger partial charge on any atom is -0.428 e. The molecule has 0 radical (unpaired) electrons. The smallest absolute Gasteiger partial charge is 0.428 e. The molecule has 0 saturated heterocycles. The number of H-pyrrole nitrogens is 1. The number of benzene rings is 1. The molecule has 0 bridgehead atoms. The highest BCUT2D eigenvalue weighted by molar-refractivity contribution is 5.89. The second-order valence-corrected chi connectivity index (χ2v) is 6.83. The van der Waals surface area contributed by atoms with E-state index in [1.165, 1.54) is 10.9 Å². The Morgan fingerprint density at radius 1 is 1.32 bits per heavy atom. The van der Waals surface area contributed by atoms with E-state index >= 15 is 0 Å². The highest BCUT2D eigenvalue weighted by Gasteiger charge is 2.23. The normalized spacial score (nSPS) is 15.6. The standard InChI is InChI=1S/C17H22N2O3/c1-17(2,3)22-16(20)21-14-6-5-13-15-11(9-18-13)7-8-19(4)10-12(14)15/h5-6,9,18H,7-8,10H2,1-4H3. The molecule has 118 valence electrons. The van der Waals surface area contributed by atoms with E-state index in [1.54, 1.807) is 0 Å². The van der Waals surface area contributed by atoms with Crippen molar-refractivity contribution >= 4 is 17.1 Å². The predicted molar refractivity (Wildman–Crippen MR) is 85.2 cm³/mol. The van der Waals surface area contributed by atoms with Gasteiger partial charge < -0.3 is 19.4 Å². The van der Waals surface area contributed by atoms with E-state index in [0.29, 0.717) is 5.75 Å². The molecule has 1 aliphatic heterocycles. The summed E-state index contributed by atoms with van der Waals surface area (Å²) in [6.07, 6.45) is 2.37. The Bertz CT molecular complexity index is 712. The second kappa shape index (κ2) is 5.32. The van der Waals surface area contributed by atoms with Crippen molar-refractivity contribution in [2.75, 3.05) is 13.6 Å². The maximum Gasteiger partial charge on any atom is 0.514 e. The zero-order valence-corrected chi connectivity index (χ0v) is 13.5. The minimum atomic E-state index is -0.660. The number of aromatic nitrogens is 1. The molecule has 0 atom stereocenters. The molecule has 0 amide bonds. The van der Waals surface area contributed by atoms with E-state index in [9.17, 15) is 4.79 Å². The first-order valence-corrected chi connectivity index (χ1v) is 7.55. The molecule has 5 nitrogen and oxygen atoms in total. The number of hydrogen-bond acceptors (Lipinski definition) is 4. The van der Waals surface area contributed by atoms with Gasteiger partial charge in [-0.05, 0) is 51.9 Å². The third kappa shape index (κ3) is 2.95. The summed E-state index contributed by atoms with van der Waals surface area (Å²) in [6.45, 7) is 7.20. The molecule has 1 N–H and O–H groups in total. The maximum absolute atomic E-state index is 12.0. The summed E-state index contributed by atoms with van der Waals surface area (Å²) < 4.78 is 10.7. The third-order valence-corrected chi connectivity index (χ3v) is 3.77. The fourth-order valence-corrected chi connectivity index (χ4v) is 2.82. The first-order valence-electron chi connectivity index (χ1n) is 7.55. The zero-order chi connectivity index (χ0) is 15.9. The van der Waals surface area contributed by atoms with Gasteiger partial charge in [-0.25, -0.2) is 4.79 Å². The molecule has 0 unspecified atom stereocenters. The van der Waals surface area contributed by atoms with Gasteiger partial charge in [-0.2, -0.15) is 0 Å². The monoisotopic (exact) mass is 302 g/mol. The second-order valence-electron chi connectivity index (χ2n) is 6.83. The van der Waals surface area contributed by atoms with E-state index in [1.807, 2.05) is 39.1 Å². The first kappa shape index (κ1) is 14.9. The number of nitrogens with zero attached hydrogens (tertiary/aromatic N) is 1. The van der Waals surface area contributed by atoms with Crippen molar-refractivity contribution in [3.8, 4) is 5.75 Å². The van der Waals surface area contributed by atoms with Gasteiger partial charge in [0.05, 0.1) is 0 Å². The summed E-state index contributed by atoms with van der Waals surface area (Å²) in [6, 6.07) is 3.79. The molecule has 0 aliphatic carbocycles. The average molecular weight is 302 g/mol. The van der Waals surface area contributed by atoms with Gasteiger partial charge in [0.25, 0.3) is 0 Å². The van der Waals surface area contributed by atoms with Crippen molar-refractivity contribution in [2.45, 2.75) is 39.3 Å². The Kier molecular flexibility index (Phi) is 3.60. The number of aromatic amines is 1. The van der Waals surface area contributed by atoms with Crippen molar-refractivity contribution in [3.63, 3.8) is 0 Å². The molecule has 1 aromatic heterocycles. The molecule has 3 rings (SSSR count). The molecular formula is C17H22N2O3. The molecule has 0 saturated carbocycles. The van der Waals surface area contributed by atoms with Crippen LogP contribution in [-0.4, -0.2) is 35.2 Å². The Balaban J connectivity index is 1.97. The van der Waals surface area contributed by atoms with Gasteiger partial charge in [0, 0.05) is 35.8 Å². The minimum absolute atomic E-state index is 0.564. The van der Waals surface area contributed by atoms with Gasteiger partial charge in [-0.1, -0.05) is 0 Å². The van der Waals surface area contributed by atoms with Gasteiger partial charge in [-0.15, -0.1) is 0 Å². The molecule has 2 heterocycles. The molecule has 0 spiro atoms. The van der Waals surface area contributed by atoms with Crippen molar-refractivity contribution in [3.05, 3.63) is 29.5 Å². The number of nitrogens with one attached hydrogen (secondary N) is 1. The van der Waals surface area contributed by atoms with Gasteiger partial charge >= 0.3 is 6.16 Å². The van der Waals surface area contributed by atoms with Crippen LogP contribution < -0.4 is 4.74 Å². The van der Waals surface area contributed by atoms with Gasteiger partial charge in [-0.3, -0.25) is 0 Å². The quantitative estimate of drug-likeness (QED) is 0.647. The lowest BCUT2D eigenvalue weighted by Crippen LogP contribution is -2.26. The Morgan fingerprint density at radius 3 is 2.82 bits per heavy atom. The lowest BCUT2D eigenvalue weighted by Gasteiger charge is -2.20. The number of rotatable bonds is 1. The summed E-state index contributed by atoms with van der Waals surface area (Å²) in [7, 11) is 2.08. The van der Waals surface area contributed by atoms with Crippen LogP contribution in [-0.2, 0) is 17.7 Å². The van der Waals surface area contributed by atoms with E-state index in [4.69, 9.17) is 9.47 Å².